The zero-order valence-corrected chi connectivity index (χ0v) is 19.7. The van der Waals surface area contributed by atoms with Crippen LogP contribution in [-0.2, 0) is 23.9 Å². The van der Waals surface area contributed by atoms with E-state index in [4.69, 9.17) is 0 Å². The number of amides is 1. The van der Waals surface area contributed by atoms with Crippen LogP contribution in [0.25, 0.3) is 11.1 Å². The molecule has 1 atom stereocenters. The minimum absolute atomic E-state index is 0.0922. The van der Waals surface area contributed by atoms with Crippen molar-refractivity contribution in [2.24, 2.45) is 7.05 Å². The number of nitrogens with zero attached hydrogens (tertiary/aromatic N) is 5. The Hall–Kier alpha value is -3.03. The van der Waals surface area contributed by atoms with Gasteiger partial charge < -0.3 is 9.80 Å². The molecule has 0 saturated carbocycles. The van der Waals surface area contributed by atoms with Crippen molar-refractivity contribution in [3.05, 3.63) is 71.8 Å². The second-order valence-corrected chi connectivity index (χ2v) is 9.96. The van der Waals surface area contributed by atoms with E-state index in [1.807, 2.05) is 37.5 Å². The van der Waals surface area contributed by atoms with Crippen LogP contribution in [0.3, 0.4) is 0 Å². The Morgan fingerprint density at radius 1 is 1.06 bits per heavy atom. The number of anilines is 1. The Bertz CT molecular complexity index is 1250. The van der Waals surface area contributed by atoms with Gasteiger partial charge in [-0.1, -0.05) is 30.3 Å². The van der Waals surface area contributed by atoms with E-state index < -0.39 is 5.54 Å². The van der Waals surface area contributed by atoms with E-state index in [9.17, 15) is 4.79 Å². The largest absolute Gasteiger partial charge is 0.306 e. The number of para-hydroxylation sites is 1. The van der Waals surface area contributed by atoms with Crippen molar-refractivity contribution in [1.29, 1.82) is 0 Å². The number of carbonyl (C=O) groups excluding carboxylic acids is 1. The monoisotopic (exact) mass is 459 g/mol. The van der Waals surface area contributed by atoms with E-state index in [-0.39, 0.29) is 18.3 Å². The molecule has 0 radical (unpaired) electrons. The quantitative estimate of drug-likeness (QED) is 0.596. The molecule has 1 amide bonds. The summed E-state index contributed by atoms with van der Waals surface area (Å²) >= 11 is 0. The van der Waals surface area contributed by atoms with Gasteiger partial charge in [-0.15, -0.1) is 0 Å². The van der Waals surface area contributed by atoms with Crippen LogP contribution in [0.4, 0.5) is 10.1 Å². The summed E-state index contributed by atoms with van der Waals surface area (Å²) in [4.78, 5) is 20.6. The van der Waals surface area contributed by atoms with Gasteiger partial charge in [-0.25, -0.2) is 4.39 Å². The Balaban J connectivity index is 1.30. The highest BCUT2D eigenvalue weighted by molar-refractivity contribution is 6.08. The van der Waals surface area contributed by atoms with Gasteiger partial charge in [0.2, 0.25) is 0 Å². The lowest BCUT2D eigenvalue weighted by atomic mass is 9.76. The Morgan fingerprint density at radius 2 is 1.85 bits per heavy atom. The average Bonchev–Trinajstić information content (AvgIpc) is 3.36. The van der Waals surface area contributed by atoms with E-state index in [0.717, 1.165) is 61.3 Å². The molecule has 0 bridgehead atoms. The highest BCUT2D eigenvalue weighted by atomic mass is 19.1. The van der Waals surface area contributed by atoms with Crippen LogP contribution >= 0.6 is 0 Å². The van der Waals surface area contributed by atoms with E-state index in [1.54, 1.807) is 27.9 Å². The van der Waals surface area contributed by atoms with E-state index in [1.165, 1.54) is 0 Å². The second kappa shape index (κ2) is 8.03. The number of rotatable bonds is 4. The summed E-state index contributed by atoms with van der Waals surface area (Å²) < 4.78 is 16.9. The summed E-state index contributed by atoms with van der Waals surface area (Å²) in [7, 11) is 4.00. The molecule has 6 rings (SSSR count). The fourth-order valence-corrected chi connectivity index (χ4v) is 6.04. The molecule has 34 heavy (non-hydrogen) atoms. The smallest absolute Gasteiger partial charge is 0.252 e. The molecule has 0 aliphatic carbocycles. The minimum Gasteiger partial charge on any atom is -0.306 e. The third-order valence-electron chi connectivity index (χ3n) is 7.99. The zero-order valence-electron chi connectivity index (χ0n) is 19.7. The highest BCUT2D eigenvalue weighted by Crippen LogP contribution is 2.53. The predicted octanol–water partition coefficient (Wildman–Crippen LogP) is 3.77. The van der Waals surface area contributed by atoms with Crippen LogP contribution in [0.2, 0.25) is 0 Å². The topological polar surface area (TPSA) is 44.6 Å². The first kappa shape index (κ1) is 21.5. The number of halogens is 1. The fourth-order valence-electron chi connectivity index (χ4n) is 6.04. The summed E-state index contributed by atoms with van der Waals surface area (Å²) in [5.74, 6) is -0.206. The first-order valence-corrected chi connectivity index (χ1v) is 12.1. The molecule has 3 aromatic rings. The molecule has 6 nitrogen and oxygen atoms in total. The van der Waals surface area contributed by atoms with Crippen LogP contribution < -0.4 is 4.90 Å². The van der Waals surface area contributed by atoms with Crippen molar-refractivity contribution < 1.29 is 9.18 Å². The number of piperidine rings is 1. The molecule has 4 heterocycles. The molecule has 7 heteroatoms. The fraction of sp³-hybridized carbons (Fsp3) is 0.407. The number of aromatic nitrogens is 2. The summed E-state index contributed by atoms with van der Waals surface area (Å²) in [5, 5.41) is 4.18. The molecule has 1 aromatic heterocycles. The van der Waals surface area contributed by atoms with Gasteiger partial charge in [0.1, 0.15) is 11.4 Å². The second-order valence-electron chi connectivity index (χ2n) is 9.96. The van der Waals surface area contributed by atoms with E-state index in [0.29, 0.717) is 11.6 Å². The van der Waals surface area contributed by atoms with Gasteiger partial charge in [0.25, 0.3) is 5.91 Å². The van der Waals surface area contributed by atoms with Crippen LogP contribution in [0.5, 0.6) is 0 Å². The number of hydrogen-bond acceptors (Lipinski definition) is 4. The number of aryl methyl sites for hydroxylation is 1. The number of fused-ring (bicyclic) bond motifs is 2. The van der Waals surface area contributed by atoms with Gasteiger partial charge in [0.05, 0.1) is 12.7 Å². The SMILES string of the molecule is CN1CCC(N2CCC23C(=O)N(Cc2ccc(-c4cnn(C)c4)cc2F)c2ccccc23)CC1. The maximum Gasteiger partial charge on any atom is 0.252 e. The Morgan fingerprint density at radius 3 is 2.53 bits per heavy atom. The lowest BCUT2D eigenvalue weighted by Gasteiger charge is -2.54. The van der Waals surface area contributed by atoms with Crippen molar-refractivity contribution >= 4 is 11.6 Å². The normalized spacial score (nSPS) is 23.5. The summed E-state index contributed by atoms with van der Waals surface area (Å²) in [6.45, 7) is 3.30. The first-order chi connectivity index (χ1) is 16.5. The number of likely N-dealkylation sites (tertiary alicyclic amines) is 2. The number of benzene rings is 2. The van der Waals surface area contributed by atoms with Gasteiger partial charge >= 0.3 is 0 Å². The summed E-state index contributed by atoms with van der Waals surface area (Å²) in [6.07, 6.45) is 6.59. The molecule has 3 aliphatic heterocycles. The standard InChI is InChI=1S/C27H30FN5O/c1-30-12-9-22(10-13-30)33-14-11-27(33)23-5-3-4-6-25(23)32(26(27)34)18-20-8-7-19(15-24(20)28)21-16-29-31(2)17-21/h3-8,15-17,22H,9-14,18H2,1-2H3. The third kappa shape index (κ3) is 3.21. The van der Waals surface area contributed by atoms with Crippen LogP contribution in [0, 0.1) is 5.82 Å². The molecule has 2 fully saturated rings. The summed E-state index contributed by atoms with van der Waals surface area (Å²) in [6, 6.07) is 13.8. The summed E-state index contributed by atoms with van der Waals surface area (Å²) in [5.41, 5.74) is 3.59. The average molecular weight is 460 g/mol. The molecule has 3 aliphatic rings. The third-order valence-corrected chi connectivity index (χ3v) is 7.99. The predicted molar refractivity (Wildman–Crippen MR) is 130 cm³/mol. The first-order valence-electron chi connectivity index (χ1n) is 12.1. The number of carbonyl (C=O) groups is 1. The van der Waals surface area contributed by atoms with Crippen LogP contribution in [0.1, 0.15) is 30.4 Å². The molecule has 1 unspecified atom stereocenters. The Labute approximate surface area is 199 Å². The lowest BCUT2D eigenvalue weighted by molar-refractivity contribution is -0.145. The van der Waals surface area contributed by atoms with Gasteiger partial charge in [-0.3, -0.25) is 14.4 Å². The molecular formula is C27H30FN5O. The van der Waals surface area contributed by atoms with Crippen molar-refractivity contribution in [3.63, 3.8) is 0 Å². The molecule has 176 valence electrons. The van der Waals surface area contributed by atoms with E-state index in [2.05, 4.69) is 28.0 Å². The van der Waals surface area contributed by atoms with Gasteiger partial charge in [0.15, 0.2) is 0 Å². The van der Waals surface area contributed by atoms with E-state index >= 15 is 4.39 Å². The van der Waals surface area contributed by atoms with Crippen molar-refractivity contribution in [2.75, 3.05) is 31.6 Å². The highest BCUT2D eigenvalue weighted by Gasteiger charge is 2.61. The van der Waals surface area contributed by atoms with Gasteiger partial charge in [-0.05, 0) is 57.1 Å². The van der Waals surface area contributed by atoms with Gasteiger partial charge in [0, 0.05) is 48.2 Å². The zero-order chi connectivity index (χ0) is 23.4. The minimum atomic E-state index is -0.594. The van der Waals surface area contributed by atoms with Gasteiger partial charge in [-0.2, -0.15) is 5.10 Å². The molecule has 2 aromatic carbocycles. The Kier molecular flexibility index (Phi) is 5.08. The number of hydrogen-bond donors (Lipinski definition) is 0. The maximum absolute atomic E-state index is 15.2. The van der Waals surface area contributed by atoms with Crippen LogP contribution in [0.15, 0.2) is 54.9 Å². The maximum atomic E-state index is 15.2. The molecular weight excluding hydrogens is 429 g/mol. The van der Waals surface area contributed by atoms with Crippen LogP contribution in [-0.4, -0.2) is 58.2 Å². The van der Waals surface area contributed by atoms with Crippen molar-refractivity contribution in [1.82, 2.24) is 19.6 Å². The van der Waals surface area contributed by atoms with Crippen molar-refractivity contribution in [2.45, 2.75) is 37.4 Å². The molecule has 2 saturated heterocycles. The molecule has 0 N–H and O–H groups in total. The molecule has 1 spiro atoms. The lowest BCUT2D eigenvalue weighted by Crippen LogP contribution is -2.66. The van der Waals surface area contributed by atoms with Crippen molar-refractivity contribution in [3.8, 4) is 11.1 Å².